The highest BCUT2D eigenvalue weighted by molar-refractivity contribution is 6.31. The third-order valence-corrected chi connectivity index (χ3v) is 3.30. The van der Waals surface area contributed by atoms with E-state index in [1.165, 1.54) is 19.2 Å². The van der Waals surface area contributed by atoms with Crippen LogP contribution in [-0.4, -0.2) is 23.2 Å². The SMILES string of the molecule is COc1cc(Cl)c(C)cc1NC(=O)c1cc(O)cc(O)c1. The molecule has 1 amide bonds. The molecule has 0 aliphatic carbocycles. The number of amides is 1. The largest absolute Gasteiger partial charge is 0.508 e. The van der Waals surface area contributed by atoms with Crippen LogP contribution in [0.3, 0.4) is 0 Å². The highest BCUT2D eigenvalue weighted by atomic mass is 35.5. The normalized spacial score (nSPS) is 10.2. The molecule has 2 rings (SSSR count). The minimum atomic E-state index is -0.485. The van der Waals surface area contributed by atoms with Gasteiger partial charge in [-0.25, -0.2) is 0 Å². The monoisotopic (exact) mass is 307 g/mol. The molecule has 0 radical (unpaired) electrons. The van der Waals surface area contributed by atoms with Crippen molar-refractivity contribution < 1.29 is 19.7 Å². The van der Waals surface area contributed by atoms with Crippen LogP contribution in [-0.2, 0) is 0 Å². The molecule has 0 saturated heterocycles. The summed E-state index contributed by atoms with van der Waals surface area (Å²) in [4.78, 5) is 12.2. The Bertz CT molecular complexity index is 680. The number of rotatable bonds is 3. The molecule has 6 heteroatoms. The number of phenolic OH excluding ortho intramolecular Hbond substituents is 2. The lowest BCUT2D eigenvalue weighted by Gasteiger charge is -2.12. The van der Waals surface area contributed by atoms with Gasteiger partial charge in [-0.2, -0.15) is 0 Å². The van der Waals surface area contributed by atoms with Crippen LogP contribution in [0.1, 0.15) is 15.9 Å². The van der Waals surface area contributed by atoms with Crippen molar-refractivity contribution >= 4 is 23.2 Å². The third kappa shape index (κ3) is 3.38. The van der Waals surface area contributed by atoms with Crippen molar-refractivity contribution in [3.05, 3.63) is 46.5 Å². The van der Waals surface area contributed by atoms with E-state index in [-0.39, 0.29) is 17.1 Å². The average molecular weight is 308 g/mol. The molecule has 3 N–H and O–H groups in total. The number of carbonyl (C=O) groups is 1. The zero-order valence-corrected chi connectivity index (χ0v) is 12.2. The van der Waals surface area contributed by atoms with Gasteiger partial charge in [-0.05, 0) is 30.7 Å². The first-order valence-corrected chi connectivity index (χ1v) is 6.47. The number of hydrogen-bond acceptors (Lipinski definition) is 4. The van der Waals surface area contributed by atoms with Crippen molar-refractivity contribution in [2.75, 3.05) is 12.4 Å². The maximum atomic E-state index is 12.2. The second-order valence-electron chi connectivity index (χ2n) is 4.49. The number of anilines is 1. The zero-order valence-electron chi connectivity index (χ0n) is 11.5. The minimum absolute atomic E-state index is 0.127. The fraction of sp³-hybridized carbons (Fsp3) is 0.133. The van der Waals surface area contributed by atoms with Gasteiger partial charge in [0.25, 0.3) is 5.91 Å². The molecule has 2 aromatic rings. The molecule has 0 spiro atoms. The van der Waals surface area contributed by atoms with Gasteiger partial charge in [0.1, 0.15) is 17.2 Å². The summed E-state index contributed by atoms with van der Waals surface area (Å²) in [5, 5.41) is 22.0. The van der Waals surface area contributed by atoms with E-state index in [0.717, 1.165) is 11.6 Å². The summed E-state index contributed by atoms with van der Waals surface area (Å²) in [6.45, 7) is 1.80. The second-order valence-corrected chi connectivity index (χ2v) is 4.90. The molecule has 0 bridgehead atoms. The van der Waals surface area contributed by atoms with Gasteiger partial charge >= 0.3 is 0 Å². The number of aromatic hydroxyl groups is 2. The lowest BCUT2D eigenvalue weighted by molar-refractivity contribution is 0.102. The van der Waals surface area contributed by atoms with E-state index in [9.17, 15) is 15.0 Å². The molecule has 2 aromatic carbocycles. The summed E-state index contributed by atoms with van der Waals surface area (Å²) in [6, 6.07) is 6.94. The molecule has 0 aliphatic rings. The number of aryl methyl sites for hydroxylation is 1. The van der Waals surface area contributed by atoms with Gasteiger partial charge in [0.2, 0.25) is 0 Å². The highest BCUT2D eigenvalue weighted by Gasteiger charge is 2.13. The minimum Gasteiger partial charge on any atom is -0.508 e. The molecular weight excluding hydrogens is 294 g/mol. The van der Waals surface area contributed by atoms with E-state index >= 15 is 0 Å². The van der Waals surface area contributed by atoms with Gasteiger partial charge in [-0.3, -0.25) is 4.79 Å². The number of ether oxygens (including phenoxy) is 1. The molecule has 0 aromatic heterocycles. The van der Waals surface area contributed by atoms with Crippen LogP contribution >= 0.6 is 11.6 Å². The maximum Gasteiger partial charge on any atom is 0.256 e. The summed E-state index contributed by atoms with van der Waals surface area (Å²) in [6.07, 6.45) is 0. The quantitative estimate of drug-likeness (QED) is 0.812. The number of benzene rings is 2. The molecule has 0 atom stereocenters. The Kier molecular flexibility index (Phi) is 4.23. The Hall–Kier alpha value is -2.40. The number of methoxy groups -OCH3 is 1. The molecule has 0 heterocycles. The summed E-state index contributed by atoms with van der Waals surface area (Å²) < 4.78 is 5.17. The van der Waals surface area contributed by atoms with Crippen LogP contribution < -0.4 is 10.1 Å². The Balaban J connectivity index is 2.33. The number of phenols is 2. The van der Waals surface area contributed by atoms with Crippen LogP contribution in [0, 0.1) is 6.92 Å². The highest BCUT2D eigenvalue weighted by Crippen LogP contribution is 2.31. The molecule has 5 nitrogen and oxygen atoms in total. The van der Waals surface area contributed by atoms with Gasteiger partial charge in [0.15, 0.2) is 0 Å². The smallest absolute Gasteiger partial charge is 0.256 e. The first kappa shape index (κ1) is 15.0. The van der Waals surface area contributed by atoms with Crippen LogP contribution in [0.15, 0.2) is 30.3 Å². The van der Waals surface area contributed by atoms with Crippen molar-refractivity contribution in [2.45, 2.75) is 6.92 Å². The van der Waals surface area contributed by atoms with Gasteiger partial charge in [-0.1, -0.05) is 11.6 Å². The molecule has 0 saturated carbocycles. The van der Waals surface area contributed by atoms with Gasteiger partial charge in [-0.15, -0.1) is 0 Å². The lowest BCUT2D eigenvalue weighted by Crippen LogP contribution is -2.12. The molecule has 0 unspecified atom stereocenters. The second kappa shape index (κ2) is 5.93. The van der Waals surface area contributed by atoms with Crippen LogP contribution in [0.25, 0.3) is 0 Å². The van der Waals surface area contributed by atoms with Gasteiger partial charge in [0, 0.05) is 22.7 Å². The number of halogens is 1. The summed E-state index contributed by atoms with van der Waals surface area (Å²) in [5.74, 6) is -0.455. The number of carbonyl (C=O) groups excluding carboxylic acids is 1. The first-order chi connectivity index (χ1) is 9.90. The maximum absolute atomic E-state index is 12.2. The third-order valence-electron chi connectivity index (χ3n) is 2.89. The Morgan fingerprint density at radius 1 is 1.14 bits per heavy atom. The van der Waals surface area contributed by atoms with E-state index in [1.807, 2.05) is 0 Å². The summed E-state index contributed by atoms with van der Waals surface area (Å²) in [7, 11) is 1.47. The summed E-state index contributed by atoms with van der Waals surface area (Å²) >= 11 is 6.00. The van der Waals surface area contributed by atoms with Gasteiger partial charge in [0.05, 0.1) is 12.8 Å². The van der Waals surface area contributed by atoms with Crippen LogP contribution in [0.4, 0.5) is 5.69 Å². The standard InChI is InChI=1S/C15H14ClNO4/c1-8-3-13(14(21-2)7-12(8)16)17-15(20)9-4-10(18)6-11(19)5-9/h3-7,18-19H,1-2H3,(H,17,20). The number of nitrogens with one attached hydrogen (secondary N) is 1. The van der Waals surface area contributed by atoms with Crippen LogP contribution in [0.5, 0.6) is 17.2 Å². The fourth-order valence-corrected chi connectivity index (χ4v) is 2.00. The predicted octanol–water partition coefficient (Wildman–Crippen LogP) is 3.32. The average Bonchev–Trinajstić information content (AvgIpc) is 2.41. The van der Waals surface area contributed by atoms with E-state index < -0.39 is 5.91 Å². The molecule has 110 valence electrons. The zero-order chi connectivity index (χ0) is 15.6. The van der Waals surface area contributed by atoms with E-state index in [1.54, 1.807) is 19.1 Å². The van der Waals surface area contributed by atoms with Crippen LogP contribution in [0.2, 0.25) is 5.02 Å². The Labute approximate surface area is 126 Å². The van der Waals surface area contributed by atoms with E-state index in [2.05, 4.69) is 5.32 Å². The molecule has 21 heavy (non-hydrogen) atoms. The predicted molar refractivity (Wildman–Crippen MR) is 80.5 cm³/mol. The van der Waals surface area contributed by atoms with Crippen molar-refractivity contribution in [1.82, 2.24) is 0 Å². The Morgan fingerprint density at radius 3 is 2.33 bits per heavy atom. The lowest BCUT2D eigenvalue weighted by atomic mass is 10.1. The van der Waals surface area contributed by atoms with E-state index in [4.69, 9.17) is 16.3 Å². The Morgan fingerprint density at radius 2 is 1.76 bits per heavy atom. The van der Waals surface area contributed by atoms with Crippen molar-refractivity contribution in [1.29, 1.82) is 0 Å². The van der Waals surface area contributed by atoms with E-state index in [0.29, 0.717) is 16.5 Å². The first-order valence-electron chi connectivity index (χ1n) is 6.09. The summed E-state index contributed by atoms with van der Waals surface area (Å²) in [5.41, 5.74) is 1.36. The molecule has 0 fully saturated rings. The fourth-order valence-electron chi connectivity index (χ4n) is 1.85. The van der Waals surface area contributed by atoms with Crippen molar-refractivity contribution in [3.8, 4) is 17.2 Å². The molecular formula is C15H14ClNO4. The topological polar surface area (TPSA) is 78.8 Å². The van der Waals surface area contributed by atoms with Crippen molar-refractivity contribution in [2.24, 2.45) is 0 Å². The number of hydrogen-bond donors (Lipinski definition) is 3. The van der Waals surface area contributed by atoms with Crippen molar-refractivity contribution in [3.63, 3.8) is 0 Å². The molecule has 0 aliphatic heterocycles. The van der Waals surface area contributed by atoms with Gasteiger partial charge < -0.3 is 20.3 Å².